The number of rotatable bonds is 7. The zero-order valence-corrected chi connectivity index (χ0v) is 11.8. The molecule has 0 aromatic rings. The lowest BCUT2D eigenvalue weighted by Crippen LogP contribution is -2.46. The van der Waals surface area contributed by atoms with Gasteiger partial charge in [-0.25, -0.2) is 4.79 Å². The Morgan fingerprint density at radius 3 is 2.35 bits per heavy atom. The Kier molecular flexibility index (Phi) is 7.19. The molecule has 3 N–H and O–H groups in total. The fourth-order valence-electron chi connectivity index (χ4n) is 2.01. The van der Waals surface area contributed by atoms with Gasteiger partial charge < -0.3 is 15.7 Å². The first-order chi connectivity index (χ1) is 7.80. The maximum absolute atomic E-state index is 11.6. The molecule has 0 radical (unpaired) electrons. The van der Waals surface area contributed by atoms with Crippen LogP contribution >= 0.6 is 0 Å². The highest BCUT2D eigenvalue weighted by Crippen LogP contribution is 2.23. The highest BCUT2D eigenvalue weighted by Gasteiger charge is 2.20. The van der Waals surface area contributed by atoms with E-state index in [1.165, 1.54) is 0 Å². The molecule has 0 saturated carbocycles. The van der Waals surface area contributed by atoms with E-state index in [1.54, 1.807) is 0 Å². The average molecular weight is 244 g/mol. The Balaban J connectivity index is 3.98. The van der Waals surface area contributed by atoms with Crippen molar-refractivity contribution >= 4 is 6.03 Å². The molecular weight excluding hydrogens is 216 g/mol. The van der Waals surface area contributed by atoms with Crippen LogP contribution in [0.1, 0.15) is 47.5 Å². The molecule has 17 heavy (non-hydrogen) atoms. The molecule has 0 aliphatic carbocycles. The van der Waals surface area contributed by atoms with E-state index < -0.39 is 0 Å². The van der Waals surface area contributed by atoms with Gasteiger partial charge in [0.05, 0.1) is 12.6 Å². The molecule has 0 aliphatic rings. The average Bonchev–Trinajstić information content (AvgIpc) is 2.21. The predicted molar refractivity (Wildman–Crippen MR) is 70.9 cm³/mol. The Labute approximate surface area is 105 Å². The standard InChI is InChI=1S/C13H28N2O2/c1-6-11(8-16)15-12(17)14-9-13(4,5)7-10(2)3/h10-11,16H,6-9H2,1-5H3,(H2,14,15,17). The molecule has 2 amide bonds. The Bertz CT molecular complexity index is 223. The second kappa shape index (κ2) is 7.54. The van der Waals surface area contributed by atoms with E-state index in [0.29, 0.717) is 12.5 Å². The normalized spacial score (nSPS) is 13.6. The zero-order valence-electron chi connectivity index (χ0n) is 11.8. The monoisotopic (exact) mass is 244 g/mol. The molecule has 0 rings (SSSR count). The zero-order chi connectivity index (χ0) is 13.5. The largest absolute Gasteiger partial charge is 0.394 e. The van der Waals surface area contributed by atoms with E-state index in [2.05, 4.69) is 38.3 Å². The summed E-state index contributed by atoms with van der Waals surface area (Å²) in [6.45, 7) is 11.2. The maximum Gasteiger partial charge on any atom is 0.315 e. The number of hydrogen-bond acceptors (Lipinski definition) is 2. The highest BCUT2D eigenvalue weighted by molar-refractivity contribution is 5.74. The van der Waals surface area contributed by atoms with Gasteiger partial charge >= 0.3 is 6.03 Å². The molecule has 102 valence electrons. The van der Waals surface area contributed by atoms with E-state index in [-0.39, 0.29) is 24.1 Å². The Morgan fingerprint density at radius 1 is 1.35 bits per heavy atom. The SMILES string of the molecule is CCC(CO)NC(=O)NCC(C)(C)CC(C)C. The second-order valence-electron chi connectivity index (χ2n) is 5.88. The van der Waals surface area contributed by atoms with Gasteiger partial charge in [0.15, 0.2) is 0 Å². The molecule has 0 aliphatic heterocycles. The van der Waals surface area contributed by atoms with Crippen molar-refractivity contribution in [2.24, 2.45) is 11.3 Å². The van der Waals surface area contributed by atoms with Crippen LogP contribution in [0, 0.1) is 11.3 Å². The van der Waals surface area contributed by atoms with Gasteiger partial charge in [0.25, 0.3) is 0 Å². The summed E-state index contributed by atoms with van der Waals surface area (Å²) in [5.74, 6) is 0.621. The third kappa shape index (κ3) is 8.02. The fourth-order valence-corrected chi connectivity index (χ4v) is 2.01. The smallest absolute Gasteiger partial charge is 0.315 e. The van der Waals surface area contributed by atoms with Crippen LogP contribution in [0.25, 0.3) is 0 Å². The van der Waals surface area contributed by atoms with Crippen molar-refractivity contribution < 1.29 is 9.90 Å². The summed E-state index contributed by atoms with van der Waals surface area (Å²) in [5.41, 5.74) is 0.104. The summed E-state index contributed by atoms with van der Waals surface area (Å²) in [6.07, 6.45) is 1.81. The molecule has 0 saturated heterocycles. The van der Waals surface area contributed by atoms with Crippen molar-refractivity contribution in [3.63, 3.8) is 0 Å². The molecule has 1 unspecified atom stereocenters. The number of aliphatic hydroxyl groups excluding tert-OH is 1. The van der Waals surface area contributed by atoms with Crippen molar-refractivity contribution in [3.8, 4) is 0 Å². The number of hydrogen-bond donors (Lipinski definition) is 3. The number of carbonyl (C=O) groups is 1. The van der Waals surface area contributed by atoms with E-state index >= 15 is 0 Å². The third-order valence-electron chi connectivity index (χ3n) is 2.74. The highest BCUT2D eigenvalue weighted by atomic mass is 16.3. The van der Waals surface area contributed by atoms with Gasteiger partial charge in [-0.05, 0) is 24.2 Å². The molecule has 0 bridgehead atoms. The molecule has 4 nitrogen and oxygen atoms in total. The maximum atomic E-state index is 11.6. The summed E-state index contributed by atoms with van der Waals surface area (Å²) in [4.78, 5) is 11.6. The number of nitrogens with one attached hydrogen (secondary N) is 2. The van der Waals surface area contributed by atoms with Crippen molar-refractivity contribution in [1.29, 1.82) is 0 Å². The quantitative estimate of drug-likeness (QED) is 0.642. The van der Waals surface area contributed by atoms with Crippen LogP contribution in [0.2, 0.25) is 0 Å². The lowest BCUT2D eigenvalue weighted by molar-refractivity contribution is 0.206. The van der Waals surface area contributed by atoms with Crippen molar-refractivity contribution in [3.05, 3.63) is 0 Å². The first-order valence-electron chi connectivity index (χ1n) is 6.46. The first kappa shape index (κ1) is 16.2. The molecule has 0 spiro atoms. The lowest BCUT2D eigenvalue weighted by Gasteiger charge is -2.27. The summed E-state index contributed by atoms with van der Waals surface area (Å²) >= 11 is 0. The topological polar surface area (TPSA) is 61.4 Å². The van der Waals surface area contributed by atoms with Gasteiger partial charge in [0, 0.05) is 6.54 Å². The summed E-state index contributed by atoms with van der Waals surface area (Å²) in [7, 11) is 0. The van der Waals surface area contributed by atoms with Crippen LogP contribution in [0.5, 0.6) is 0 Å². The van der Waals surface area contributed by atoms with Gasteiger partial charge in [0.2, 0.25) is 0 Å². The van der Waals surface area contributed by atoms with Crippen molar-refractivity contribution in [1.82, 2.24) is 10.6 Å². The molecule has 0 aromatic carbocycles. The molecule has 0 fully saturated rings. The van der Waals surface area contributed by atoms with Gasteiger partial charge in [0.1, 0.15) is 0 Å². The van der Waals surface area contributed by atoms with Gasteiger partial charge in [-0.3, -0.25) is 0 Å². The molecule has 0 aromatic heterocycles. The number of urea groups is 1. The lowest BCUT2D eigenvalue weighted by atomic mass is 9.84. The number of carbonyl (C=O) groups excluding carboxylic acids is 1. The minimum absolute atomic E-state index is 0.0146. The van der Waals surface area contributed by atoms with Gasteiger partial charge in [-0.15, -0.1) is 0 Å². The minimum Gasteiger partial charge on any atom is -0.394 e. The predicted octanol–water partition coefficient (Wildman–Crippen LogP) is 2.13. The minimum atomic E-state index is -0.192. The molecular formula is C13H28N2O2. The summed E-state index contributed by atoms with van der Waals surface area (Å²) < 4.78 is 0. The second-order valence-corrected chi connectivity index (χ2v) is 5.88. The van der Waals surface area contributed by atoms with Crippen LogP contribution in [-0.4, -0.2) is 30.3 Å². The fraction of sp³-hybridized carbons (Fsp3) is 0.923. The van der Waals surface area contributed by atoms with E-state index in [4.69, 9.17) is 5.11 Å². The van der Waals surface area contributed by atoms with Crippen LogP contribution in [0.4, 0.5) is 4.79 Å². The third-order valence-corrected chi connectivity index (χ3v) is 2.74. The van der Waals surface area contributed by atoms with E-state index in [1.807, 2.05) is 6.92 Å². The summed E-state index contributed by atoms with van der Waals surface area (Å²) in [6, 6.07) is -0.342. The van der Waals surface area contributed by atoms with E-state index in [0.717, 1.165) is 12.8 Å². The summed E-state index contributed by atoms with van der Waals surface area (Å²) in [5, 5.41) is 14.6. The van der Waals surface area contributed by atoms with Gasteiger partial charge in [-0.1, -0.05) is 34.6 Å². The molecule has 4 heteroatoms. The Morgan fingerprint density at radius 2 is 1.94 bits per heavy atom. The molecule has 0 heterocycles. The van der Waals surface area contributed by atoms with Crippen LogP contribution in [0.3, 0.4) is 0 Å². The Hall–Kier alpha value is -0.770. The first-order valence-corrected chi connectivity index (χ1v) is 6.46. The van der Waals surface area contributed by atoms with Crippen LogP contribution in [-0.2, 0) is 0 Å². The van der Waals surface area contributed by atoms with Crippen molar-refractivity contribution in [2.75, 3.05) is 13.2 Å². The van der Waals surface area contributed by atoms with Crippen molar-refractivity contribution in [2.45, 2.75) is 53.5 Å². The number of aliphatic hydroxyl groups is 1. The van der Waals surface area contributed by atoms with Gasteiger partial charge in [-0.2, -0.15) is 0 Å². The van der Waals surface area contributed by atoms with Crippen LogP contribution in [0.15, 0.2) is 0 Å². The molecule has 1 atom stereocenters. The van der Waals surface area contributed by atoms with Crippen LogP contribution < -0.4 is 10.6 Å². The number of amides is 2. The van der Waals surface area contributed by atoms with E-state index in [9.17, 15) is 4.79 Å².